The van der Waals surface area contributed by atoms with Gasteiger partial charge in [0, 0.05) is 11.7 Å². The molecule has 2 aromatic heterocycles. The normalized spacial score (nSPS) is 17.9. The average molecular weight is 369 g/mol. The monoisotopic (exact) mass is 368 g/mol. The minimum atomic E-state index is -0.187. The van der Waals surface area contributed by atoms with Gasteiger partial charge < -0.3 is 5.32 Å². The van der Waals surface area contributed by atoms with Crippen molar-refractivity contribution in [3.05, 3.63) is 23.0 Å². The van der Waals surface area contributed by atoms with Crippen LogP contribution in [0, 0.1) is 18.8 Å². The third-order valence-electron chi connectivity index (χ3n) is 5.86. The first kappa shape index (κ1) is 18.5. The lowest BCUT2D eigenvalue weighted by Crippen LogP contribution is -2.38. The van der Waals surface area contributed by atoms with Gasteiger partial charge in [0.05, 0.1) is 22.2 Å². The summed E-state index contributed by atoms with van der Waals surface area (Å²) in [7, 11) is 0. The lowest BCUT2D eigenvalue weighted by Gasteiger charge is -2.21. The van der Waals surface area contributed by atoms with Crippen LogP contribution in [-0.4, -0.2) is 26.7 Å². The third-order valence-corrected chi connectivity index (χ3v) is 5.86. The van der Waals surface area contributed by atoms with Crippen molar-refractivity contribution in [1.82, 2.24) is 20.1 Å². The molecule has 2 heterocycles. The number of carbonyl (C=O) groups is 1. The first-order valence-electron chi connectivity index (χ1n) is 10.4. The highest BCUT2D eigenvalue weighted by Crippen LogP contribution is 2.44. The molecular weight excluding hydrogens is 336 g/mol. The van der Waals surface area contributed by atoms with Crippen LogP contribution in [0.4, 0.5) is 0 Å². The predicted molar refractivity (Wildman–Crippen MR) is 108 cm³/mol. The molecule has 5 heteroatoms. The van der Waals surface area contributed by atoms with Crippen LogP contribution in [0.1, 0.15) is 88.0 Å². The van der Waals surface area contributed by atoms with Crippen LogP contribution >= 0.6 is 0 Å². The van der Waals surface area contributed by atoms with E-state index in [1.54, 1.807) is 0 Å². The Balaban J connectivity index is 1.80. The van der Waals surface area contributed by atoms with Crippen LogP contribution in [0.25, 0.3) is 11.0 Å². The summed E-state index contributed by atoms with van der Waals surface area (Å²) in [5.41, 5.74) is 3.21. The minimum Gasteiger partial charge on any atom is -0.349 e. The van der Waals surface area contributed by atoms with Crippen LogP contribution in [0.2, 0.25) is 0 Å². The fourth-order valence-corrected chi connectivity index (χ4v) is 4.01. The molecule has 5 nitrogen and oxygen atoms in total. The lowest BCUT2D eigenvalue weighted by molar-refractivity contribution is 0.0927. The fraction of sp³-hybridized carbons (Fsp3) is 0.682. The van der Waals surface area contributed by atoms with Gasteiger partial charge in [0.25, 0.3) is 5.91 Å². The third kappa shape index (κ3) is 3.48. The van der Waals surface area contributed by atoms with Crippen molar-refractivity contribution in [2.75, 3.05) is 0 Å². The number of fused-ring (bicyclic) bond motifs is 1. The van der Waals surface area contributed by atoms with E-state index < -0.39 is 0 Å². The molecule has 0 radical (unpaired) electrons. The van der Waals surface area contributed by atoms with Crippen molar-refractivity contribution in [3.8, 4) is 0 Å². The second-order valence-corrected chi connectivity index (χ2v) is 9.79. The van der Waals surface area contributed by atoms with E-state index >= 15 is 0 Å². The number of hydrogen-bond donors (Lipinski definition) is 1. The van der Waals surface area contributed by atoms with E-state index in [4.69, 9.17) is 10.1 Å². The highest BCUT2D eigenvalue weighted by molar-refractivity contribution is 6.06. The molecule has 0 aliphatic heterocycles. The van der Waals surface area contributed by atoms with Crippen molar-refractivity contribution < 1.29 is 4.79 Å². The fourth-order valence-electron chi connectivity index (χ4n) is 4.01. The molecule has 1 N–H and O–H groups in total. The van der Waals surface area contributed by atoms with Gasteiger partial charge in [-0.25, -0.2) is 9.67 Å². The first-order valence-corrected chi connectivity index (χ1v) is 10.4. The number of nitrogens with zero attached hydrogens (tertiary/aromatic N) is 3. The Morgan fingerprint density at radius 3 is 2.26 bits per heavy atom. The topological polar surface area (TPSA) is 59.8 Å². The maximum absolute atomic E-state index is 13.3. The molecule has 2 aliphatic rings. The Hall–Kier alpha value is -1.91. The molecular formula is C22H32N4O. The van der Waals surface area contributed by atoms with Gasteiger partial charge in [-0.1, -0.05) is 13.8 Å². The molecule has 146 valence electrons. The van der Waals surface area contributed by atoms with E-state index in [1.165, 1.54) is 25.7 Å². The van der Waals surface area contributed by atoms with E-state index in [9.17, 15) is 4.79 Å². The smallest absolute Gasteiger partial charge is 0.252 e. The summed E-state index contributed by atoms with van der Waals surface area (Å²) < 4.78 is 1.97. The lowest BCUT2D eigenvalue weighted by atomic mass is 10.0. The summed E-state index contributed by atoms with van der Waals surface area (Å²) in [6, 6.07) is 2.34. The van der Waals surface area contributed by atoms with Gasteiger partial charge in [-0.2, -0.15) is 5.10 Å². The number of rotatable bonds is 5. The summed E-state index contributed by atoms with van der Waals surface area (Å²) in [5.74, 6) is 1.67. The molecule has 0 saturated heterocycles. The highest BCUT2D eigenvalue weighted by atomic mass is 16.1. The molecule has 27 heavy (non-hydrogen) atoms. The molecule has 4 rings (SSSR count). The number of nitrogens with one attached hydrogen (secondary N) is 1. The summed E-state index contributed by atoms with van der Waals surface area (Å²) in [4.78, 5) is 18.2. The minimum absolute atomic E-state index is 0.0460. The molecule has 2 aliphatic carbocycles. The van der Waals surface area contributed by atoms with Crippen molar-refractivity contribution in [1.29, 1.82) is 0 Å². The number of aromatic nitrogens is 3. The van der Waals surface area contributed by atoms with E-state index in [2.05, 4.69) is 39.9 Å². The average Bonchev–Trinajstić information content (AvgIpc) is 3.49. The second-order valence-electron chi connectivity index (χ2n) is 9.79. The quantitative estimate of drug-likeness (QED) is 0.843. The van der Waals surface area contributed by atoms with Crippen molar-refractivity contribution >= 4 is 16.9 Å². The van der Waals surface area contributed by atoms with Crippen LogP contribution in [0.15, 0.2) is 6.07 Å². The number of amides is 1. The maximum atomic E-state index is 13.3. The zero-order valence-corrected chi connectivity index (χ0v) is 17.5. The van der Waals surface area contributed by atoms with Crippen LogP contribution in [-0.2, 0) is 5.54 Å². The van der Waals surface area contributed by atoms with Gasteiger partial charge in [0.2, 0.25) is 0 Å². The molecule has 2 aromatic rings. The standard InChI is InChI=1S/C22H32N4O/c1-12(2)17-11-16(21(27)24-19(14-7-8-14)15-9-10-15)18-13(3)25-26(20(18)23-17)22(4,5)6/h11-12,14-15,19H,7-10H2,1-6H3,(H,24,27). The molecule has 0 bridgehead atoms. The molecule has 0 atom stereocenters. The molecule has 2 fully saturated rings. The number of pyridine rings is 1. The van der Waals surface area contributed by atoms with Crippen molar-refractivity contribution in [2.24, 2.45) is 11.8 Å². The Morgan fingerprint density at radius 2 is 1.78 bits per heavy atom. The van der Waals surface area contributed by atoms with Gasteiger partial charge >= 0.3 is 0 Å². The van der Waals surface area contributed by atoms with Gasteiger partial charge in [-0.15, -0.1) is 0 Å². The van der Waals surface area contributed by atoms with E-state index in [-0.39, 0.29) is 17.4 Å². The molecule has 2 saturated carbocycles. The Kier molecular flexibility index (Phi) is 4.32. The van der Waals surface area contributed by atoms with Crippen molar-refractivity contribution in [3.63, 3.8) is 0 Å². The summed E-state index contributed by atoms with van der Waals surface area (Å²) >= 11 is 0. The van der Waals surface area contributed by atoms with Gasteiger partial charge in [0.15, 0.2) is 5.65 Å². The zero-order chi connectivity index (χ0) is 19.5. The molecule has 0 aromatic carbocycles. The largest absolute Gasteiger partial charge is 0.349 e. The SMILES string of the molecule is Cc1nn(C(C)(C)C)c2nc(C(C)C)cc(C(=O)NC(C3CC3)C3CC3)c12. The molecule has 0 unspecified atom stereocenters. The first-order chi connectivity index (χ1) is 12.7. The van der Waals surface area contributed by atoms with Gasteiger partial charge in [-0.05, 0) is 77.2 Å². The van der Waals surface area contributed by atoms with Crippen molar-refractivity contribution in [2.45, 2.75) is 84.7 Å². The Labute approximate surface area is 161 Å². The molecule has 1 amide bonds. The zero-order valence-electron chi connectivity index (χ0n) is 17.5. The number of carbonyl (C=O) groups excluding carboxylic acids is 1. The Bertz CT molecular complexity index is 870. The molecule has 0 spiro atoms. The summed E-state index contributed by atoms with van der Waals surface area (Å²) in [6.45, 7) is 12.6. The predicted octanol–water partition coefficient (Wildman–Crippen LogP) is 4.54. The highest BCUT2D eigenvalue weighted by Gasteiger charge is 2.42. The van der Waals surface area contributed by atoms with Crippen LogP contribution in [0.3, 0.4) is 0 Å². The van der Waals surface area contributed by atoms with E-state index in [1.807, 2.05) is 17.7 Å². The van der Waals surface area contributed by atoms with E-state index in [0.717, 1.165) is 28.0 Å². The van der Waals surface area contributed by atoms with Gasteiger partial charge in [-0.3, -0.25) is 4.79 Å². The van der Waals surface area contributed by atoms with Crippen LogP contribution < -0.4 is 5.32 Å². The van der Waals surface area contributed by atoms with E-state index in [0.29, 0.717) is 17.9 Å². The maximum Gasteiger partial charge on any atom is 0.252 e. The number of hydrogen-bond acceptors (Lipinski definition) is 3. The summed E-state index contributed by atoms with van der Waals surface area (Å²) in [5, 5.41) is 9.04. The van der Waals surface area contributed by atoms with Gasteiger partial charge in [0.1, 0.15) is 0 Å². The summed E-state index contributed by atoms with van der Waals surface area (Å²) in [6.07, 6.45) is 5.02. The Morgan fingerprint density at radius 1 is 1.19 bits per heavy atom. The number of aryl methyl sites for hydroxylation is 1. The van der Waals surface area contributed by atoms with Crippen LogP contribution in [0.5, 0.6) is 0 Å². The second kappa shape index (κ2) is 6.32.